The van der Waals surface area contributed by atoms with Crippen LogP contribution in [0, 0.1) is 13.8 Å². The van der Waals surface area contributed by atoms with Crippen LogP contribution in [-0.4, -0.2) is 9.97 Å². The maximum atomic E-state index is 4.32. The van der Waals surface area contributed by atoms with E-state index in [1.807, 2.05) is 24.5 Å². The van der Waals surface area contributed by atoms with Gasteiger partial charge in [-0.25, -0.2) is 0 Å². The fraction of sp³-hybridized carbons (Fsp3) is 0.158. The van der Waals surface area contributed by atoms with Gasteiger partial charge in [0.15, 0.2) is 0 Å². The third-order valence-corrected chi connectivity index (χ3v) is 3.82. The van der Waals surface area contributed by atoms with Crippen LogP contribution in [0.15, 0.2) is 61.2 Å². The van der Waals surface area contributed by atoms with Crippen molar-refractivity contribution in [1.82, 2.24) is 9.97 Å². The molecular formula is C19H19N3. The summed E-state index contributed by atoms with van der Waals surface area (Å²) < 4.78 is 0. The zero-order valence-electron chi connectivity index (χ0n) is 12.9. The van der Waals surface area contributed by atoms with E-state index in [1.54, 1.807) is 12.4 Å². The highest BCUT2D eigenvalue weighted by Gasteiger charge is 2.01. The van der Waals surface area contributed by atoms with Crippen molar-refractivity contribution >= 4 is 5.69 Å². The molecule has 0 saturated heterocycles. The molecule has 0 bridgehead atoms. The number of nitrogens with one attached hydrogen (secondary N) is 1. The molecule has 0 spiro atoms. The Hall–Kier alpha value is -2.68. The molecule has 1 N–H and O–H groups in total. The van der Waals surface area contributed by atoms with E-state index in [0.717, 1.165) is 23.4 Å². The molecule has 0 atom stereocenters. The summed E-state index contributed by atoms with van der Waals surface area (Å²) in [6, 6.07) is 12.6. The number of rotatable bonds is 4. The van der Waals surface area contributed by atoms with Gasteiger partial charge in [0.25, 0.3) is 0 Å². The van der Waals surface area contributed by atoms with E-state index >= 15 is 0 Å². The van der Waals surface area contributed by atoms with Gasteiger partial charge >= 0.3 is 0 Å². The Kier molecular flexibility index (Phi) is 4.15. The summed E-state index contributed by atoms with van der Waals surface area (Å²) in [7, 11) is 0. The minimum atomic E-state index is 0.794. The topological polar surface area (TPSA) is 37.8 Å². The van der Waals surface area contributed by atoms with Crippen LogP contribution in [0.4, 0.5) is 5.69 Å². The van der Waals surface area contributed by atoms with E-state index in [1.165, 1.54) is 16.7 Å². The van der Waals surface area contributed by atoms with Crippen LogP contribution in [0.25, 0.3) is 11.1 Å². The summed E-state index contributed by atoms with van der Waals surface area (Å²) >= 11 is 0. The summed E-state index contributed by atoms with van der Waals surface area (Å²) in [6.45, 7) is 5.07. The third-order valence-electron chi connectivity index (χ3n) is 3.82. The lowest BCUT2D eigenvalue weighted by molar-refractivity contribution is 1.12. The van der Waals surface area contributed by atoms with E-state index < -0.39 is 0 Å². The van der Waals surface area contributed by atoms with Crippen LogP contribution in [0.1, 0.15) is 16.7 Å². The quantitative estimate of drug-likeness (QED) is 0.775. The van der Waals surface area contributed by atoms with Gasteiger partial charge in [0, 0.05) is 36.9 Å². The van der Waals surface area contributed by atoms with Gasteiger partial charge < -0.3 is 5.32 Å². The van der Waals surface area contributed by atoms with Crippen molar-refractivity contribution in [3.63, 3.8) is 0 Å². The van der Waals surface area contributed by atoms with Crippen LogP contribution in [0.2, 0.25) is 0 Å². The van der Waals surface area contributed by atoms with Crippen molar-refractivity contribution in [3.8, 4) is 11.1 Å². The van der Waals surface area contributed by atoms with E-state index in [-0.39, 0.29) is 0 Å². The fourth-order valence-corrected chi connectivity index (χ4v) is 2.36. The predicted molar refractivity (Wildman–Crippen MR) is 90.7 cm³/mol. The van der Waals surface area contributed by atoms with Crippen molar-refractivity contribution in [2.75, 3.05) is 5.32 Å². The molecule has 3 heteroatoms. The highest BCUT2D eigenvalue weighted by molar-refractivity contribution is 5.66. The molecule has 22 heavy (non-hydrogen) atoms. The van der Waals surface area contributed by atoms with Crippen LogP contribution in [-0.2, 0) is 6.54 Å². The van der Waals surface area contributed by atoms with Crippen molar-refractivity contribution < 1.29 is 0 Å². The summed E-state index contributed by atoms with van der Waals surface area (Å²) in [5.74, 6) is 0. The molecule has 0 aliphatic carbocycles. The van der Waals surface area contributed by atoms with Crippen molar-refractivity contribution in [3.05, 3.63) is 77.9 Å². The number of aryl methyl sites for hydroxylation is 2. The molecule has 0 unspecified atom stereocenters. The molecular weight excluding hydrogens is 270 g/mol. The first-order valence-electron chi connectivity index (χ1n) is 7.38. The van der Waals surface area contributed by atoms with E-state index in [4.69, 9.17) is 0 Å². The van der Waals surface area contributed by atoms with Crippen LogP contribution < -0.4 is 5.32 Å². The molecule has 0 saturated carbocycles. The second kappa shape index (κ2) is 6.39. The van der Waals surface area contributed by atoms with Gasteiger partial charge in [-0.2, -0.15) is 0 Å². The largest absolute Gasteiger partial charge is 0.380 e. The molecule has 0 aliphatic rings. The number of anilines is 1. The van der Waals surface area contributed by atoms with Gasteiger partial charge in [-0.3, -0.25) is 9.97 Å². The van der Waals surface area contributed by atoms with Gasteiger partial charge in [0.1, 0.15) is 0 Å². The Morgan fingerprint density at radius 1 is 0.818 bits per heavy atom. The number of hydrogen-bond donors (Lipinski definition) is 1. The van der Waals surface area contributed by atoms with E-state index in [0.29, 0.717) is 0 Å². The van der Waals surface area contributed by atoms with Gasteiger partial charge in [-0.15, -0.1) is 0 Å². The second-order valence-electron chi connectivity index (χ2n) is 5.47. The lowest BCUT2D eigenvalue weighted by Crippen LogP contribution is -2.00. The lowest BCUT2D eigenvalue weighted by Gasteiger charge is -2.09. The van der Waals surface area contributed by atoms with Crippen molar-refractivity contribution in [1.29, 1.82) is 0 Å². The highest BCUT2D eigenvalue weighted by Crippen LogP contribution is 2.21. The zero-order chi connectivity index (χ0) is 15.4. The van der Waals surface area contributed by atoms with Crippen molar-refractivity contribution in [2.45, 2.75) is 20.4 Å². The summed E-state index contributed by atoms with van der Waals surface area (Å²) in [5.41, 5.74) is 7.16. The number of pyridine rings is 2. The van der Waals surface area contributed by atoms with Crippen molar-refractivity contribution in [2.24, 2.45) is 0 Å². The van der Waals surface area contributed by atoms with E-state index in [2.05, 4.69) is 53.4 Å². The predicted octanol–water partition coefficient (Wildman–Crippen LogP) is 4.37. The van der Waals surface area contributed by atoms with Crippen LogP contribution >= 0.6 is 0 Å². The molecule has 0 amide bonds. The maximum absolute atomic E-state index is 4.32. The average molecular weight is 289 g/mol. The number of hydrogen-bond acceptors (Lipinski definition) is 3. The van der Waals surface area contributed by atoms with Crippen LogP contribution in [0.3, 0.4) is 0 Å². The maximum Gasteiger partial charge on any atom is 0.0535 e. The Labute approximate surface area is 131 Å². The Bertz CT molecular complexity index is 767. The Morgan fingerprint density at radius 3 is 2.41 bits per heavy atom. The first-order valence-corrected chi connectivity index (χ1v) is 7.38. The first-order chi connectivity index (χ1) is 10.7. The molecule has 2 aromatic heterocycles. The SMILES string of the molecule is Cc1ccc(CNc2cncc(-c3ccncc3)c2)cc1C. The van der Waals surface area contributed by atoms with E-state index in [9.17, 15) is 0 Å². The molecule has 3 aromatic rings. The third kappa shape index (κ3) is 3.31. The molecule has 3 nitrogen and oxygen atoms in total. The summed E-state index contributed by atoms with van der Waals surface area (Å²) in [6.07, 6.45) is 7.32. The molecule has 3 rings (SSSR count). The summed E-state index contributed by atoms with van der Waals surface area (Å²) in [5, 5.41) is 3.44. The normalized spacial score (nSPS) is 10.5. The average Bonchev–Trinajstić information content (AvgIpc) is 2.57. The smallest absolute Gasteiger partial charge is 0.0535 e. The molecule has 0 fully saturated rings. The fourth-order valence-electron chi connectivity index (χ4n) is 2.36. The standard InChI is InChI=1S/C19H19N3/c1-14-3-4-16(9-15(14)2)11-22-19-10-18(12-21-13-19)17-5-7-20-8-6-17/h3-10,12-13,22H,11H2,1-2H3. The zero-order valence-corrected chi connectivity index (χ0v) is 12.9. The summed E-state index contributed by atoms with van der Waals surface area (Å²) in [4.78, 5) is 8.37. The van der Waals surface area contributed by atoms with Gasteiger partial charge in [0.05, 0.1) is 5.69 Å². The molecule has 0 radical (unpaired) electrons. The molecule has 2 heterocycles. The van der Waals surface area contributed by atoms with Gasteiger partial charge in [0.2, 0.25) is 0 Å². The molecule has 1 aromatic carbocycles. The lowest BCUT2D eigenvalue weighted by atomic mass is 10.1. The molecule has 110 valence electrons. The minimum absolute atomic E-state index is 0.794. The number of benzene rings is 1. The molecule has 0 aliphatic heterocycles. The first kappa shape index (κ1) is 14.3. The Morgan fingerprint density at radius 2 is 1.64 bits per heavy atom. The second-order valence-corrected chi connectivity index (χ2v) is 5.47. The Balaban J connectivity index is 1.74. The number of aromatic nitrogens is 2. The minimum Gasteiger partial charge on any atom is -0.380 e. The van der Waals surface area contributed by atoms with Gasteiger partial charge in [-0.1, -0.05) is 18.2 Å². The van der Waals surface area contributed by atoms with Gasteiger partial charge in [-0.05, 0) is 54.3 Å². The monoisotopic (exact) mass is 289 g/mol. The number of nitrogens with zero attached hydrogens (tertiary/aromatic N) is 2. The highest BCUT2D eigenvalue weighted by atomic mass is 14.9. The van der Waals surface area contributed by atoms with Crippen LogP contribution in [0.5, 0.6) is 0 Å².